The van der Waals surface area contributed by atoms with E-state index in [0.717, 1.165) is 103 Å². The van der Waals surface area contributed by atoms with Crippen LogP contribution in [-0.4, -0.2) is 82.3 Å². The molecule has 0 spiro atoms. The smallest absolute Gasteiger partial charge is 0.306 e. The number of unbranched alkanes of at least 4 members (excludes halogenated alkanes) is 46. The number of allylic oxidation sites excluding steroid dienone is 20. The van der Waals surface area contributed by atoms with Crippen molar-refractivity contribution >= 4 is 17.9 Å². The Balaban J connectivity index is 3.99. The second-order valence-electron chi connectivity index (χ2n) is 30.4. The van der Waals surface area contributed by atoms with E-state index >= 15 is 0 Å². The Kier molecular flexibility index (Phi) is 79.8. The van der Waals surface area contributed by atoms with Crippen molar-refractivity contribution in [3.05, 3.63) is 122 Å². The number of carbonyl (C=O) groups excluding carboxylic acids is 3. The third-order valence-corrected chi connectivity index (χ3v) is 19.2. The van der Waals surface area contributed by atoms with Crippen LogP contribution in [0.3, 0.4) is 0 Å². The zero-order valence-electron chi connectivity index (χ0n) is 68.2. The number of carbonyl (C=O) groups is 3. The monoisotopic (exact) mass is 1440 g/mol. The number of carboxylic acids is 1. The summed E-state index contributed by atoms with van der Waals surface area (Å²) in [6.45, 7) is 4.67. The molecule has 0 fully saturated rings. The molecule has 103 heavy (non-hydrogen) atoms. The number of hydrogen-bond acceptors (Lipinski definition) is 8. The summed E-state index contributed by atoms with van der Waals surface area (Å²) in [6, 6.07) is 0. The van der Waals surface area contributed by atoms with E-state index in [9.17, 15) is 19.5 Å². The molecular formula is C94H165NO8. The fourth-order valence-corrected chi connectivity index (χ4v) is 12.6. The van der Waals surface area contributed by atoms with Crippen LogP contribution in [0.1, 0.15) is 399 Å². The lowest BCUT2D eigenvalue weighted by Crippen LogP contribution is -2.44. The molecule has 0 saturated heterocycles. The predicted molar refractivity (Wildman–Crippen MR) is 444 cm³/mol. The van der Waals surface area contributed by atoms with Crippen molar-refractivity contribution in [1.82, 2.24) is 0 Å². The van der Waals surface area contributed by atoms with E-state index in [1.54, 1.807) is 0 Å². The highest BCUT2D eigenvalue weighted by Gasteiger charge is 2.22. The predicted octanol–water partition coefficient (Wildman–Crippen LogP) is 27.3. The summed E-state index contributed by atoms with van der Waals surface area (Å²) in [5.74, 6) is -2.27. The third kappa shape index (κ3) is 84.8. The number of hydrogen-bond donors (Lipinski definition) is 0. The van der Waals surface area contributed by atoms with E-state index < -0.39 is 24.3 Å². The lowest BCUT2D eigenvalue weighted by molar-refractivity contribution is -0.870. The molecule has 2 unspecified atom stereocenters. The number of nitrogens with zero attached hydrogens (tertiary/aromatic N) is 1. The van der Waals surface area contributed by atoms with Crippen LogP contribution >= 0.6 is 0 Å². The molecular weight excluding hydrogens is 1270 g/mol. The fourth-order valence-electron chi connectivity index (χ4n) is 12.6. The minimum absolute atomic E-state index is 0.144. The SMILES string of the molecule is CC/C=C\C/C=C\C/C=C\C/C=C\C/C=C\C/C=C\C/C=C\C/C=C\C/C=C\CCCCCCCCCCCCCC(=O)OC(COC(=O)CCCCCCCCCCCCCCCCCCCCCCCCCCCCC/C=C\CCCCCCCCCC)COC(OCC[N+](C)(C)C)C(=O)[O-]. The van der Waals surface area contributed by atoms with Crippen LogP contribution in [0.2, 0.25) is 0 Å². The van der Waals surface area contributed by atoms with Gasteiger partial charge in [0.05, 0.1) is 40.3 Å². The summed E-state index contributed by atoms with van der Waals surface area (Å²) in [5.41, 5.74) is 0. The molecule has 0 aliphatic heterocycles. The Hall–Kier alpha value is -4.31. The van der Waals surface area contributed by atoms with Gasteiger partial charge in [0.1, 0.15) is 13.2 Å². The van der Waals surface area contributed by atoms with E-state index in [2.05, 4.69) is 135 Å². The topological polar surface area (TPSA) is 111 Å². The first-order valence-corrected chi connectivity index (χ1v) is 43.7. The van der Waals surface area contributed by atoms with Crippen LogP contribution in [0.15, 0.2) is 122 Å². The Labute approximate surface area is 637 Å². The first-order chi connectivity index (χ1) is 50.6. The molecule has 0 N–H and O–H groups in total. The van der Waals surface area contributed by atoms with Crippen molar-refractivity contribution < 1.29 is 42.9 Å². The van der Waals surface area contributed by atoms with Gasteiger partial charge in [0.15, 0.2) is 12.4 Å². The maximum Gasteiger partial charge on any atom is 0.306 e. The van der Waals surface area contributed by atoms with Gasteiger partial charge in [0.25, 0.3) is 0 Å². The summed E-state index contributed by atoms with van der Waals surface area (Å²) in [6.07, 6.45) is 116. The lowest BCUT2D eigenvalue weighted by Gasteiger charge is -2.26. The van der Waals surface area contributed by atoms with Gasteiger partial charge in [-0.1, -0.05) is 399 Å². The standard InChI is InChI=1S/C94H165NO8/c1-6-8-10-12-14-16-18-20-22-24-26-28-30-32-34-36-38-40-42-44-46-48-50-52-54-56-58-60-62-64-66-68-70-72-74-76-78-80-82-84-91(96)101-88-90(89-102-94(93(98)99)100-87-86-95(3,4)5)103-92(97)85-83-81-79-77-75-73-71-69-67-65-63-61-59-57-55-53-51-49-47-45-43-41-39-37-35-33-31-29-27-25-23-21-19-17-15-13-11-9-7-2/h9,11,15,17,21,23-24,26-27,29,33,35,39,41,45,47,51,53,57,59,90,94H,6-8,10,12-14,16,18-20,22,25,28,30-32,34,36-38,40,42-44,46,48-50,52,54-56,58,60-89H2,1-5H3/b11-9-,17-15-,23-21-,26-24-,29-27-,35-33-,41-39-,47-45-,53-51-,59-57-. The fraction of sp³-hybridized carbons (Fsp3) is 0.755. The molecule has 2 atom stereocenters. The zero-order valence-corrected chi connectivity index (χ0v) is 68.2. The van der Waals surface area contributed by atoms with Crippen LogP contribution in [0.5, 0.6) is 0 Å². The summed E-state index contributed by atoms with van der Waals surface area (Å²) >= 11 is 0. The van der Waals surface area contributed by atoms with Gasteiger partial charge in [-0.15, -0.1) is 0 Å². The van der Waals surface area contributed by atoms with Crippen molar-refractivity contribution in [1.29, 1.82) is 0 Å². The van der Waals surface area contributed by atoms with Gasteiger partial charge in [-0.2, -0.15) is 0 Å². The van der Waals surface area contributed by atoms with Crippen LogP contribution in [0.25, 0.3) is 0 Å². The molecule has 0 bridgehead atoms. The van der Waals surface area contributed by atoms with Gasteiger partial charge in [-0.3, -0.25) is 9.59 Å². The zero-order chi connectivity index (χ0) is 74.6. The van der Waals surface area contributed by atoms with Gasteiger partial charge in [0, 0.05) is 12.8 Å². The second kappa shape index (κ2) is 83.3. The molecule has 0 saturated carbocycles. The minimum Gasteiger partial charge on any atom is -0.545 e. The molecule has 0 aromatic rings. The van der Waals surface area contributed by atoms with Gasteiger partial charge < -0.3 is 33.3 Å². The molecule has 0 heterocycles. The summed E-state index contributed by atoms with van der Waals surface area (Å²) in [7, 11) is 5.94. The van der Waals surface area contributed by atoms with Crippen molar-refractivity contribution in [3.8, 4) is 0 Å². The Morgan fingerprint density at radius 1 is 0.301 bits per heavy atom. The highest BCUT2D eigenvalue weighted by Crippen LogP contribution is 2.19. The normalized spacial score (nSPS) is 13.2. The van der Waals surface area contributed by atoms with Crippen LogP contribution in [-0.2, 0) is 33.3 Å². The molecule has 594 valence electrons. The number of likely N-dealkylation sites (N-methyl/N-ethyl adjacent to an activating group) is 1. The lowest BCUT2D eigenvalue weighted by atomic mass is 10.0. The molecule has 9 nitrogen and oxygen atoms in total. The number of ether oxygens (including phenoxy) is 4. The van der Waals surface area contributed by atoms with Crippen LogP contribution in [0, 0.1) is 0 Å². The summed E-state index contributed by atoms with van der Waals surface area (Å²) < 4.78 is 22.9. The van der Waals surface area contributed by atoms with Crippen molar-refractivity contribution in [3.63, 3.8) is 0 Å². The molecule has 9 heteroatoms. The van der Waals surface area contributed by atoms with Crippen LogP contribution in [0.4, 0.5) is 0 Å². The second-order valence-corrected chi connectivity index (χ2v) is 30.4. The average molecular weight is 1440 g/mol. The third-order valence-electron chi connectivity index (χ3n) is 19.2. The number of rotatable bonds is 81. The summed E-state index contributed by atoms with van der Waals surface area (Å²) in [4.78, 5) is 37.7. The Bertz CT molecular complexity index is 2120. The first-order valence-electron chi connectivity index (χ1n) is 43.7. The van der Waals surface area contributed by atoms with E-state index in [1.807, 2.05) is 21.1 Å². The first kappa shape index (κ1) is 98.7. The minimum atomic E-state index is -1.63. The van der Waals surface area contributed by atoms with E-state index in [4.69, 9.17) is 18.9 Å². The molecule has 0 rings (SSSR count). The van der Waals surface area contributed by atoms with Crippen molar-refractivity contribution in [2.45, 2.75) is 411 Å². The number of esters is 2. The van der Waals surface area contributed by atoms with E-state index in [-0.39, 0.29) is 32.2 Å². The maximum absolute atomic E-state index is 13.0. The molecule has 0 aromatic heterocycles. The highest BCUT2D eigenvalue weighted by molar-refractivity contribution is 5.70. The molecule has 0 aromatic carbocycles. The van der Waals surface area contributed by atoms with Gasteiger partial charge >= 0.3 is 11.9 Å². The largest absolute Gasteiger partial charge is 0.545 e. The average Bonchev–Trinajstić information content (AvgIpc) is 0.985. The van der Waals surface area contributed by atoms with E-state index in [0.29, 0.717) is 23.9 Å². The molecule has 0 radical (unpaired) electrons. The quantitative estimate of drug-likeness (QED) is 0.0195. The Morgan fingerprint density at radius 3 is 0.835 bits per heavy atom. The highest BCUT2D eigenvalue weighted by atomic mass is 16.7. The van der Waals surface area contributed by atoms with Gasteiger partial charge in [0.2, 0.25) is 0 Å². The van der Waals surface area contributed by atoms with Crippen molar-refractivity contribution in [2.75, 3.05) is 47.5 Å². The molecule has 0 amide bonds. The number of aliphatic carboxylic acids is 1. The summed E-state index contributed by atoms with van der Waals surface area (Å²) in [5, 5.41) is 11.9. The van der Waals surface area contributed by atoms with Gasteiger partial charge in [-0.05, 0) is 109 Å². The number of quaternary nitrogens is 1. The Morgan fingerprint density at radius 2 is 0.553 bits per heavy atom. The van der Waals surface area contributed by atoms with Crippen LogP contribution < -0.4 is 5.11 Å². The molecule has 0 aliphatic rings. The van der Waals surface area contributed by atoms with Gasteiger partial charge in [-0.25, -0.2) is 0 Å². The van der Waals surface area contributed by atoms with E-state index in [1.165, 1.54) is 263 Å². The number of carboxylic acid groups (broad SMARTS) is 1. The maximum atomic E-state index is 13.0. The molecule has 0 aliphatic carbocycles. The van der Waals surface area contributed by atoms with Crippen molar-refractivity contribution in [2.24, 2.45) is 0 Å².